The van der Waals surface area contributed by atoms with Crippen LogP contribution >= 0.6 is 0 Å². The molecule has 1 saturated carbocycles. The average molecular weight is 232 g/mol. The quantitative estimate of drug-likeness (QED) is 0.839. The van der Waals surface area contributed by atoms with Crippen LogP contribution in [0.5, 0.6) is 0 Å². The summed E-state index contributed by atoms with van der Waals surface area (Å²) in [4.78, 5) is 8.99. The minimum absolute atomic E-state index is 0.410. The summed E-state index contributed by atoms with van der Waals surface area (Å²) < 4.78 is 0. The Morgan fingerprint density at radius 3 is 2.76 bits per heavy atom. The molecule has 2 heterocycles. The van der Waals surface area contributed by atoms with Crippen molar-refractivity contribution in [3.63, 3.8) is 0 Å². The van der Waals surface area contributed by atoms with E-state index >= 15 is 0 Å². The molecule has 2 N–H and O–H groups in total. The molecule has 4 nitrogen and oxygen atoms in total. The third-order valence-corrected chi connectivity index (χ3v) is 3.78. The Hall–Kier alpha value is -1.16. The number of rotatable bonds is 3. The molecule has 0 spiro atoms. The molecule has 0 unspecified atom stereocenters. The molecule has 2 aliphatic rings. The third-order valence-electron chi connectivity index (χ3n) is 3.78. The van der Waals surface area contributed by atoms with E-state index in [1.54, 1.807) is 0 Å². The van der Waals surface area contributed by atoms with Gasteiger partial charge in [-0.2, -0.15) is 0 Å². The Labute approximate surface area is 102 Å². The zero-order chi connectivity index (χ0) is 11.5. The van der Waals surface area contributed by atoms with Gasteiger partial charge in [-0.05, 0) is 32.2 Å². The second-order valence-electron chi connectivity index (χ2n) is 5.10. The summed E-state index contributed by atoms with van der Waals surface area (Å²) in [5, 5.41) is 6.97. The molecular weight excluding hydrogens is 212 g/mol. The van der Waals surface area contributed by atoms with Crippen molar-refractivity contribution in [3.05, 3.63) is 18.1 Å². The van der Waals surface area contributed by atoms with Gasteiger partial charge >= 0.3 is 0 Å². The second kappa shape index (κ2) is 5.00. The van der Waals surface area contributed by atoms with Gasteiger partial charge in [0.15, 0.2) is 0 Å². The molecule has 1 aromatic rings. The lowest BCUT2D eigenvalue weighted by Crippen LogP contribution is -2.18. The standard InChI is InChI=1S/C13H20N4/c1-2-5-10(4-1)16-13-9-14-8-12(17-13)11-6-3-7-15-11/h8-11,15H,1-7H2,(H,16,17)/t11-/m1/s1. The van der Waals surface area contributed by atoms with Crippen LogP contribution < -0.4 is 10.6 Å². The van der Waals surface area contributed by atoms with Gasteiger partial charge in [0.05, 0.1) is 24.1 Å². The minimum Gasteiger partial charge on any atom is -0.366 e. The molecular formula is C13H20N4. The van der Waals surface area contributed by atoms with Crippen molar-refractivity contribution in [2.45, 2.75) is 50.6 Å². The fourth-order valence-electron chi connectivity index (χ4n) is 2.83. The SMILES string of the molecule is c1ncc([C@H]2CCCN2)nc1NC1CCCC1. The normalized spacial score (nSPS) is 25.3. The second-order valence-corrected chi connectivity index (χ2v) is 5.10. The fraction of sp³-hybridized carbons (Fsp3) is 0.692. The first-order valence-electron chi connectivity index (χ1n) is 6.74. The van der Waals surface area contributed by atoms with E-state index in [1.807, 2.05) is 12.4 Å². The maximum absolute atomic E-state index is 4.68. The Balaban J connectivity index is 1.69. The number of aromatic nitrogens is 2. The topological polar surface area (TPSA) is 49.8 Å². The summed E-state index contributed by atoms with van der Waals surface area (Å²) in [6.07, 6.45) is 11.4. The van der Waals surface area contributed by atoms with Crippen LogP contribution in [0.2, 0.25) is 0 Å². The van der Waals surface area contributed by atoms with Crippen LogP contribution in [0.15, 0.2) is 12.4 Å². The summed E-state index contributed by atoms with van der Waals surface area (Å²) in [5.41, 5.74) is 1.09. The first-order valence-corrected chi connectivity index (χ1v) is 6.74. The van der Waals surface area contributed by atoms with Crippen molar-refractivity contribution in [3.8, 4) is 0 Å². The lowest BCUT2D eigenvalue weighted by molar-refractivity contribution is 0.623. The molecule has 0 bridgehead atoms. The summed E-state index contributed by atoms with van der Waals surface area (Å²) >= 11 is 0. The molecule has 1 aromatic heterocycles. The Morgan fingerprint density at radius 2 is 2.00 bits per heavy atom. The lowest BCUT2D eigenvalue weighted by Gasteiger charge is -2.14. The average Bonchev–Trinajstić information content (AvgIpc) is 3.01. The fourth-order valence-corrected chi connectivity index (χ4v) is 2.83. The Morgan fingerprint density at radius 1 is 1.12 bits per heavy atom. The van der Waals surface area contributed by atoms with E-state index in [1.165, 1.54) is 38.5 Å². The zero-order valence-electron chi connectivity index (χ0n) is 10.2. The maximum Gasteiger partial charge on any atom is 0.145 e. The van der Waals surface area contributed by atoms with Crippen molar-refractivity contribution in [2.75, 3.05) is 11.9 Å². The van der Waals surface area contributed by atoms with E-state index in [0.717, 1.165) is 18.1 Å². The van der Waals surface area contributed by atoms with Crippen LogP contribution in [0.25, 0.3) is 0 Å². The van der Waals surface area contributed by atoms with Gasteiger partial charge in [0, 0.05) is 6.04 Å². The molecule has 4 heteroatoms. The number of nitrogens with zero attached hydrogens (tertiary/aromatic N) is 2. The lowest BCUT2D eigenvalue weighted by atomic mass is 10.2. The van der Waals surface area contributed by atoms with E-state index in [9.17, 15) is 0 Å². The number of hydrogen-bond acceptors (Lipinski definition) is 4. The molecule has 0 aromatic carbocycles. The van der Waals surface area contributed by atoms with Crippen LogP contribution in [0.1, 0.15) is 50.3 Å². The summed E-state index contributed by atoms with van der Waals surface area (Å²) in [6, 6.07) is 1.02. The number of hydrogen-bond donors (Lipinski definition) is 2. The summed E-state index contributed by atoms with van der Waals surface area (Å²) in [5.74, 6) is 0.947. The van der Waals surface area contributed by atoms with Gasteiger partial charge in [0.1, 0.15) is 5.82 Å². The third kappa shape index (κ3) is 2.57. The van der Waals surface area contributed by atoms with Crippen LogP contribution in [-0.2, 0) is 0 Å². The zero-order valence-corrected chi connectivity index (χ0v) is 10.2. The Kier molecular flexibility index (Phi) is 3.22. The molecule has 1 aliphatic carbocycles. The maximum atomic E-state index is 4.68. The van der Waals surface area contributed by atoms with Crippen molar-refractivity contribution in [2.24, 2.45) is 0 Å². The van der Waals surface area contributed by atoms with Crippen LogP contribution in [0.4, 0.5) is 5.82 Å². The van der Waals surface area contributed by atoms with Gasteiger partial charge in [0.2, 0.25) is 0 Å². The molecule has 1 atom stereocenters. The monoisotopic (exact) mass is 232 g/mol. The van der Waals surface area contributed by atoms with E-state index in [4.69, 9.17) is 0 Å². The first kappa shape index (κ1) is 11.0. The van der Waals surface area contributed by atoms with Crippen LogP contribution in [0.3, 0.4) is 0 Å². The molecule has 2 fully saturated rings. The number of nitrogens with one attached hydrogen (secondary N) is 2. The molecule has 92 valence electrons. The van der Waals surface area contributed by atoms with Crippen LogP contribution in [-0.4, -0.2) is 22.6 Å². The van der Waals surface area contributed by atoms with Gasteiger partial charge < -0.3 is 10.6 Å². The predicted octanol–water partition coefficient (Wildman–Crippen LogP) is 2.26. The van der Waals surface area contributed by atoms with Gasteiger partial charge in [-0.25, -0.2) is 4.98 Å². The highest BCUT2D eigenvalue weighted by Gasteiger charge is 2.19. The molecule has 0 radical (unpaired) electrons. The van der Waals surface area contributed by atoms with Gasteiger partial charge in [-0.15, -0.1) is 0 Å². The minimum atomic E-state index is 0.410. The molecule has 1 aliphatic heterocycles. The van der Waals surface area contributed by atoms with E-state index < -0.39 is 0 Å². The van der Waals surface area contributed by atoms with Crippen molar-refractivity contribution in [1.82, 2.24) is 15.3 Å². The summed E-state index contributed by atoms with van der Waals surface area (Å²) in [6.45, 7) is 1.10. The summed E-state index contributed by atoms with van der Waals surface area (Å²) in [7, 11) is 0. The van der Waals surface area contributed by atoms with Crippen molar-refractivity contribution >= 4 is 5.82 Å². The molecule has 0 amide bonds. The largest absolute Gasteiger partial charge is 0.366 e. The van der Waals surface area contributed by atoms with Gasteiger partial charge in [-0.1, -0.05) is 12.8 Å². The number of anilines is 1. The highest BCUT2D eigenvalue weighted by molar-refractivity contribution is 5.34. The van der Waals surface area contributed by atoms with Crippen LogP contribution in [0, 0.1) is 0 Å². The van der Waals surface area contributed by atoms with E-state index in [-0.39, 0.29) is 0 Å². The Bertz CT molecular complexity index is 367. The van der Waals surface area contributed by atoms with Gasteiger partial charge in [0.25, 0.3) is 0 Å². The van der Waals surface area contributed by atoms with E-state index in [0.29, 0.717) is 12.1 Å². The predicted molar refractivity (Wildman–Crippen MR) is 67.9 cm³/mol. The van der Waals surface area contributed by atoms with Gasteiger partial charge in [-0.3, -0.25) is 4.98 Å². The highest BCUT2D eigenvalue weighted by atomic mass is 15.1. The first-order chi connectivity index (χ1) is 8.42. The molecule has 3 rings (SSSR count). The smallest absolute Gasteiger partial charge is 0.145 e. The van der Waals surface area contributed by atoms with Crippen molar-refractivity contribution in [1.29, 1.82) is 0 Å². The molecule has 1 saturated heterocycles. The highest BCUT2D eigenvalue weighted by Crippen LogP contribution is 2.24. The van der Waals surface area contributed by atoms with E-state index in [2.05, 4.69) is 20.6 Å². The van der Waals surface area contributed by atoms with Crippen molar-refractivity contribution < 1.29 is 0 Å². The molecule has 17 heavy (non-hydrogen) atoms.